The minimum absolute atomic E-state index is 0.193. The molecule has 0 aromatic carbocycles. The van der Waals surface area contributed by atoms with Crippen molar-refractivity contribution < 1.29 is 4.79 Å². The summed E-state index contributed by atoms with van der Waals surface area (Å²) in [4.78, 5) is 14.4. The SMILES string of the molecule is CC(C)CNC(C)(C)C(C)(C)C(=O)N(C)C(C)C. The topological polar surface area (TPSA) is 32.3 Å². The Bertz CT molecular complexity index is 280. The van der Waals surface area contributed by atoms with Gasteiger partial charge in [0.25, 0.3) is 0 Å². The third-order valence-electron chi connectivity index (χ3n) is 4.14. The molecular formula is C15H32N2O. The Balaban J connectivity index is 4.93. The summed E-state index contributed by atoms with van der Waals surface area (Å²) in [5.41, 5.74) is -0.654. The van der Waals surface area contributed by atoms with Crippen LogP contribution in [0.4, 0.5) is 0 Å². The molecule has 0 bridgehead atoms. The average Bonchev–Trinajstić information content (AvgIpc) is 2.23. The van der Waals surface area contributed by atoms with Gasteiger partial charge in [-0.1, -0.05) is 13.8 Å². The van der Waals surface area contributed by atoms with Crippen molar-refractivity contribution in [3.8, 4) is 0 Å². The quantitative estimate of drug-likeness (QED) is 0.792. The molecule has 0 aliphatic rings. The largest absolute Gasteiger partial charge is 0.343 e. The van der Waals surface area contributed by atoms with Crippen molar-refractivity contribution >= 4 is 5.91 Å². The minimum atomic E-state index is -0.430. The van der Waals surface area contributed by atoms with Crippen molar-refractivity contribution in [2.45, 2.75) is 67.0 Å². The third-order valence-corrected chi connectivity index (χ3v) is 4.14. The second-order valence-corrected chi connectivity index (χ2v) is 7.03. The van der Waals surface area contributed by atoms with E-state index in [4.69, 9.17) is 0 Å². The monoisotopic (exact) mass is 256 g/mol. The van der Waals surface area contributed by atoms with Crippen LogP contribution in [0.15, 0.2) is 0 Å². The highest BCUT2D eigenvalue weighted by Crippen LogP contribution is 2.33. The molecule has 0 atom stereocenters. The number of hydrogen-bond donors (Lipinski definition) is 1. The van der Waals surface area contributed by atoms with Gasteiger partial charge in [0.2, 0.25) is 5.91 Å². The number of nitrogens with zero attached hydrogens (tertiary/aromatic N) is 1. The summed E-state index contributed by atoms with van der Waals surface area (Å²) >= 11 is 0. The van der Waals surface area contributed by atoms with Crippen molar-refractivity contribution in [1.29, 1.82) is 0 Å². The summed E-state index contributed by atoms with van der Waals surface area (Å²) in [6.45, 7) is 17.7. The van der Waals surface area contributed by atoms with E-state index in [0.29, 0.717) is 5.92 Å². The lowest BCUT2D eigenvalue weighted by Gasteiger charge is -2.44. The van der Waals surface area contributed by atoms with Gasteiger partial charge in [0, 0.05) is 18.6 Å². The van der Waals surface area contributed by atoms with Crippen molar-refractivity contribution in [3.05, 3.63) is 0 Å². The summed E-state index contributed by atoms with van der Waals surface area (Å²) in [6.07, 6.45) is 0. The highest BCUT2D eigenvalue weighted by molar-refractivity contribution is 5.83. The van der Waals surface area contributed by atoms with Crippen LogP contribution in [-0.2, 0) is 4.79 Å². The number of hydrogen-bond acceptors (Lipinski definition) is 2. The standard InChI is InChI=1S/C15H32N2O/c1-11(2)10-16-15(7,8)14(5,6)13(18)17(9)12(3)4/h11-12,16H,10H2,1-9H3. The van der Waals surface area contributed by atoms with E-state index in [1.54, 1.807) is 0 Å². The zero-order chi connectivity index (χ0) is 14.7. The van der Waals surface area contributed by atoms with Gasteiger partial charge in [-0.3, -0.25) is 4.79 Å². The number of nitrogens with one attached hydrogen (secondary N) is 1. The molecule has 1 N–H and O–H groups in total. The maximum absolute atomic E-state index is 12.6. The van der Waals surface area contributed by atoms with Gasteiger partial charge in [0.15, 0.2) is 0 Å². The van der Waals surface area contributed by atoms with Gasteiger partial charge in [-0.25, -0.2) is 0 Å². The van der Waals surface area contributed by atoms with Gasteiger partial charge in [0.1, 0.15) is 0 Å². The Morgan fingerprint density at radius 2 is 1.56 bits per heavy atom. The molecule has 0 aromatic heterocycles. The van der Waals surface area contributed by atoms with Gasteiger partial charge >= 0.3 is 0 Å². The van der Waals surface area contributed by atoms with Crippen molar-refractivity contribution in [2.75, 3.05) is 13.6 Å². The van der Waals surface area contributed by atoms with E-state index in [0.717, 1.165) is 6.54 Å². The fraction of sp³-hybridized carbons (Fsp3) is 0.933. The average molecular weight is 256 g/mol. The molecule has 108 valence electrons. The van der Waals surface area contributed by atoms with Crippen molar-refractivity contribution in [1.82, 2.24) is 10.2 Å². The van der Waals surface area contributed by atoms with Crippen LogP contribution in [0.25, 0.3) is 0 Å². The second kappa shape index (κ2) is 6.05. The van der Waals surface area contributed by atoms with E-state index < -0.39 is 5.41 Å². The Hall–Kier alpha value is -0.570. The molecule has 0 spiro atoms. The summed E-state index contributed by atoms with van der Waals surface area (Å²) in [5, 5.41) is 3.53. The first-order chi connectivity index (χ1) is 7.93. The Morgan fingerprint density at radius 3 is 1.89 bits per heavy atom. The lowest BCUT2D eigenvalue weighted by molar-refractivity contribution is -0.144. The van der Waals surface area contributed by atoms with E-state index in [1.165, 1.54) is 0 Å². The first kappa shape index (κ1) is 17.4. The van der Waals surface area contributed by atoms with Gasteiger partial charge in [-0.05, 0) is 54.0 Å². The van der Waals surface area contributed by atoms with E-state index in [1.807, 2.05) is 39.6 Å². The van der Waals surface area contributed by atoms with E-state index in [2.05, 4.69) is 33.0 Å². The van der Waals surface area contributed by atoms with E-state index in [-0.39, 0.29) is 17.5 Å². The van der Waals surface area contributed by atoms with Crippen molar-refractivity contribution in [2.24, 2.45) is 11.3 Å². The molecule has 3 nitrogen and oxygen atoms in total. The number of amides is 1. The van der Waals surface area contributed by atoms with Crippen LogP contribution in [-0.4, -0.2) is 36.0 Å². The van der Waals surface area contributed by atoms with Crippen LogP contribution in [0, 0.1) is 11.3 Å². The molecule has 0 aliphatic heterocycles. The normalized spacial score (nSPS) is 13.3. The van der Waals surface area contributed by atoms with Crippen LogP contribution in [0.3, 0.4) is 0 Å². The summed E-state index contributed by atoms with van der Waals surface area (Å²) < 4.78 is 0. The fourth-order valence-electron chi connectivity index (χ4n) is 1.62. The lowest BCUT2D eigenvalue weighted by Crippen LogP contribution is -2.59. The van der Waals surface area contributed by atoms with Crippen LogP contribution >= 0.6 is 0 Å². The molecule has 1 amide bonds. The molecule has 0 radical (unpaired) electrons. The Kier molecular flexibility index (Phi) is 5.86. The van der Waals surface area contributed by atoms with Gasteiger partial charge in [-0.2, -0.15) is 0 Å². The summed E-state index contributed by atoms with van der Waals surface area (Å²) in [7, 11) is 1.88. The minimum Gasteiger partial charge on any atom is -0.343 e. The zero-order valence-electron chi connectivity index (χ0n) is 13.7. The molecule has 0 unspecified atom stereocenters. The van der Waals surface area contributed by atoms with Gasteiger partial charge < -0.3 is 10.2 Å². The predicted molar refractivity (Wildman–Crippen MR) is 78.6 cm³/mol. The molecule has 0 rings (SSSR count). The molecule has 0 saturated carbocycles. The molecule has 0 saturated heterocycles. The number of carbonyl (C=O) groups excluding carboxylic acids is 1. The molecule has 3 heteroatoms. The highest BCUT2D eigenvalue weighted by atomic mass is 16.2. The van der Waals surface area contributed by atoms with Crippen LogP contribution in [0.1, 0.15) is 55.4 Å². The van der Waals surface area contributed by atoms with Crippen LogP contribution in [0.2, 0.25) is 0 Å². The molecule has 18 heavy (non-hydrogen) atoms. The molecule has 0 heterocycles. The highest BCUT2D eigenvalue weighted by Gasteiger charge is 2.44. The summed E-state index contributed by atoms with van der Waals surface area (Å²) in [5.74, 6) is 0.775. The smallest absolute Gasteiger partial charge is 0.230 e. The molecule has 0 fully saturated rings. The molecule has 0 aromatic rings. The third kappa shape index (κ3) is 3.98. The summed E-state index contributed by atoms with van der Waals surface area (Å²) in [6, 6.07) is 0.234. The first-order valence-corrected chi connectivity index (χ1v) is 6.95. The Morgan fingerprint density at radius 1 is 1.11 bits per heavy atom. The predicted octanol–water partition coefficient (Wildman–Crippen LogP) is 2.90. The maximum atomic E-state index is 12.6. The van der Waals surface area contributed by atoms with Crippen molar-refractivity contribution in [3.63, 3.8) is 0 Å². The van der Waals surface area contributed by atoms with Crippen LogP contribution < -0.4 is 5.32 Å². The first-order valence-electron chi connectivity index (χ1n) is 6.95. The molecular weight excluding hydrogens is 224 g/mol. The van der Waals surface area contributed by atoms with E-state index >= 15 is 0 Å². The molecule has 0 aliphatic carbocycles. The maximum Gasteiger partial charge on any atom is 0.230 e. The van der Waals surface area contributed by atoms with Gasteiger partial charge in [0.05, 0.1) is 5.41 Å². The zero-order valence-corrected chi connectivity index (χ0v) is 13.7. The van der Waals surface area contributed by atoms with E-state index in [9.17, 15) is 4.79 Å². The fourth-order valence-corrected chi connectivity index (χ4v) is 1.62. The number of rotatable bonds is 6. The second-order valence-electron chi connectivity index (χ2n) is 7.03. The Labute approximate surface area is 113 Å². The number of carbonyl (C=O) groups is 1. The lowest BCUT2D eigenvalue weighted by atomic mass is 9.73. The van der Waals surface area contributed by atoms with Gasteiger partial charge in [-0.15, -0.1) is 0 Å². The van der Waals surface area contributed by atoms with Crippen LogP contribution in [0.5, 0.6) is 0 Å².